The minimum absolute atomic E-state index is 0.440. The van der Waals surface area contributed by atoms with Crippen LogP contribution in [-0.2, 0) is 4.79 Å². The molecule has 4 nitrogen and oxygen atoms in total. The van der Waals surface area contributed by atoms with Gasteiger partial charge in [-0.2, -0.15) is 0 Å². The number of nitrogens with zero attached hydrogens (tertiary/aromatic N) is 1. The van der Waals surface area contributed by atoms with Gasteiger partial charge in [-0.15, -0.1) is 0 Å². The van der Waals surface area contributed by atoms with Crippen LogP contribution in [0.3, 0.4) is 0 Å². The van der Waals surface area contributed by atoms with Crippen LogP contribution >= 0.6 is 0 Å². The van der Waals surface area contributed by atoms with Gasteiger partial charge < -0.3 is 10.0 Å². The fourth-order valence-electron chi connectivity index (χ4n) is 3.60. The lowest BCUT2D eigenvalue weighted by molar-refractivity contribution is -0.144. The van der Waals surface area contributed by atoms with Crippen LogP contribution in [0.25, 0.3) is 0 Å². The quantitative estimate of drug-likeness (QED) is 0.642. The van der Waals surface area contributed by atoms with Crippen LogP contribution in [0.1, 0.15) is 65.7 Å². The van der Waals surface area contributed by atoms with Crippen LogP contribution in [0.5, 0.6) is 0 Å². The second-order valence-electron chi connectivity index (χ2n) is 7.50. The molecule has 2 rings (SSSR count). The third-order valence-electron chi connectivity index (χ3n) is 5.13. The summed E-state index contributed by atoms with van der Waals surface area (Å²) in [7, 11) is 0. The van der Waals surface area contributed by atoms with E-state index in [9.17, 15) is 9.90 Å². The second kappa shape index (κ2) is 7.10. The van der Waals surface area contributed by atoms with E-state index >= 15 is 0 Å². The maximum atomic E-state index is 11.5. The molecule has 2 N–H and O–H groups in total. The van der Waals surface area contributed by atoms with E-state index in [1.54, 1.807) is 0 Å². The summed E-state index contributed by atoms with van der Waals surface area (Å²) in [6, 6.07) is 1.18. The first-order valence-electron chi connectivity index (χ1n) is 8.67. The lowest BCUT2D eigenvalue weighted by atomic mass is 9.94. The van der Waals surface area contributed by atoms with Gasteiger partial charge in [0, 0.05) is 12.1 Å². The summed E-state index contributed by atoms with van der Waals surface area (Å²) >= 11 is 0. The highest BCUT2D eigenvalue weighted by molar-refractivity contribution is 5.78. The maximum absolute atomic E-state index is 11.5. The van der Waals surface area contributed by atoms with Crippen molar-refractivity contribution < 1.29 is 9.90 Å². The van der Waals surface area contributed by atoms with E-state index < -0.39 is 11.5 Å². The van der Waals surface area contributed by atoms with Crippen molar-refractivity contribution in [1.82, 2.24) is 10.2 Å². The molecule has 0 aromatic carbocycles. The average Bonchev–Trinajstić information content (AvgIpc) is 3.08. The summed E-state index contributed by atoms with van der Waals surface area (Å²) in [6.07, 6.45) is 7.74. The molecule has 2 aliphatic rings. The maximum Gasteiger partial charge on any atom is 0.323 e. The number of hydrogen-bond donors (Lipinski definition) is 2. The van der Waals surface area contributed by atoms with E-state index in [2.05, 4.69) is 24.1 Å². The van der Waals surface area contributed by atoms with Crippen molar-refractivity contribution >= 4 is 5.97 Å². The zero-order valence-corrected chi connectivity index (χ0v) is 13.9. The molecule has 0 aromatic heterocycles. The van der Waals surface area contributed by atoms with Crippen molar-refractivity contribution in [1.29, 1.82) is 0 Å². The topological polar surface area (TPSA) is 52.6 Å². The van der Waals surface area contributed by atoms with Crippen LogP contribution in [0, 0.1) is 5.92 Å². The van der Waals surface area contributed by atoms with Gasteiger partial charge in [0.25, 0.3) is 0 Å². The third kappa shape index (κ3) is 4.68. The standard InChI is InChI=1S/C17H32N2O2/c1-13(2)15-7-6-12-19(15)11-5-4-10-17(3,16(20)21)18-14-8-9-14/h13-15,18H,4-12H2,1-3H3,(H,20,21). The Labute approximate surface area is 129 Å². The number of carboxylic acid groups (broad SMARTS) is 1. The van der Waals surface area contributed by atoms with Crippen LogP contribution in [-0.4, -0.2) is 46.7 Å². The Kier molecular flexibility index (Phi) is 5.67. The Morgan fingerprint density at radius 2 is 2.05 bits per heavy atom. The highest BCUT2D eigenvalue weighted by Crippen LogP contribution is 2.27. The van der Waals surface area contributed by atoms with E-state index in [4.69, 9.17) is 0 Å². The Balaban J connectivity index is 1.71. The van der Waals surface area contributed by atoms with Crippen molar-refractivity contribution in [2.24, 2.45) is 5.92 Å². The van der Waals surface area contributed by atoms with Crippen molar-refractivity contribution in [3.8, 4) is 0 Å². The number of hydrogen-bond acceptors (Lipinski definition) is 3. The molecule has 21 heavy (non-hydrogen) atoms. The first-order valence-corrected chi connectivity index (χ1v) is 8.67. The largest absolute Gasteiger partial charge is 0.480 e. The molecule has 0 bridgehead atoms. The third-order valence-corrected chi connectivity index (χ3v) is 5.13. The number of nitrogens with one attached hydrogen (secondary N) is 1. The summed E-state index contributed by atoms with van der Waals surface area (Å²) in [4.78, 5) is 14.1. The Bertz CT molecular complexity index is 355. The second-order valence-corrected chi connectivity index (χ2v) is 7.50. The van der Waals surface area contributed by atoms with Gasteiger partial charge in [0.2, 0.25) is 0 Å². The minimum Gasteiger partial charge on any atom is -0.480 e. The van der Waals surface area contributed by atoms with Gasteiger partial charge in [0.1, 0.15) is 5.54 Å². The highest BCUT2D eigenvalue weighted by atomic mass is 16.4. The minimum atomic E-state index is -0.733. The van der Waals surface area contributed by atoms with E-state index in [1.165, 1.54) is 19.4 Å². The first-order chi connectivity index (χ1) is 9.92. The number of carbonyl (C=O) groups is 1. The molecule has 1 saturated heterocycles. The molecule has 0 aromatic rings. The number of unbranched alkanes of at least 4 members (excludes halogenated alkanes) is 1. The summed E-state index contributed by atoms with van der Waals surface area (Å²) in [6.45, 7) is 8.82. The molecule has 2 fully saturated rings. The molecule has 0 spiro atoms. The first kappa shape index (κ1) is 16.8. The van der Waals surface area contributed by atoms with Crippen LogP contribution in [0.4, 0.5) is 0 Å². The molecular formula is C17H32N2O2. The fraction of sp³-hybridized carbons (Fsp3) is 0.941. The lowest BCUT2D eigenvalue weighted by Crippen LogP contribution is -2.50. The number of likely N-dealkylation sites (tertiary alicyclic amines) is 1. The molecule has 122 valence electrons. The predicted octanol–water partition coefficient (Wildman–Crippen LogP) is 2.87. The van der Waals surface area contributed by atoms with Gasteiger partial charge >= 0.3 is 5.97 Å². The number of aliphatic carboxylic acids is 1. The van der Waals surface area contributed by atoms with E-state index in [1.807, 2.05) is 6.92 Å². The Morgan fingerprint density at radius 1 is 1.33 bits per heavy atom. The monoisotopic (exact) mass is 296 g/mol. The van der Waals surface area contributed by atoms with Crippen molar-refractivity contribution in [2.45, 2.75) is 83.3 Å². The molecule has 2 atom stereocenters. The fourth-order valence-corrected chi connectivity index (χ4v) is 3.60. The summed E-state index contributed by atoms with van der Waals surface area (Å²) in [5, 5.41) is 12.8. The molecule has 0 radical (unpaired) electrons. The van der Waals surface area contributed by atoms with Crippen molar-refractivity contribution in [3.05, 3.63) is 0 Å². The normalized spacial score (nSPS) is 26.2. The van der Waals surface area contributed by atoms with E-state index in [-0.39, 0.29) is 0 Å². The summed E-state index contributed by atoms with van der Waals surface area (Å²) < 4.78 is 0. The zero-order chi connectivity index (χ0) is 15.5. The zero-order valence-electron chi connectivity index (χ0n) is 13.9. The molecule has 4 heteroatoms. The highest BCUT2D eigenvalue weighted by Gasteiger charge is 2.38. The molecular weight excluding hydrogens is 264 g/mol. The van der Waals surface area contributed by atoms with Gasteiger partial charge in [0.15, 0.2) is 0 Å². The van der Waals surface area contributed by atoms with E-state index in [0.29, 0.717) is 6.04 Å². The van der Waals surface area contributed by atoms with Gasteiger partial charge in [-0.25, -0.2) is 0 Å². The Morgan fingerprint density at radius 3 is 2.62 bits per heavy atom. The van der Waals surface area contributed by atoms with Crippen LogP contribution < -0.4 is 5.32 Å². The molecule has 1 saturated carbocycles. The predicted molar refractivity (Wildman–Crippen MR) is 85.5 cm³/mol. The summed E-state index contributed by atoms with van der Waals surface area (Å²) in [5.74, 6) is 0.0314. The van der Waals surface area contributed by atoms with Gasteiger partial charge in [-0.3, -0.25) is 10.1 Å². The summed E-state index contributed by atoms with van der Waals surface area (Å²) in [5.41, 5.74) is -0.733. The SMILES string of the molecule is CC(C)C1CCCN1CCCCC(C)(NC1CC1)C(=O)O. The number of rotatable bonds is 9. The lowest BCUT2D eigenvalue weighted by Gasteiger charge is -2.29. The molecule has 1 heterocycles. The van der Waals surface area contributed by atoms with Gasteiger partial charge in [-0.05, 0) is 70.9 Å². The number of carboxylic acids is 1. The molecule has 0 amide bonds. The smallest absolute Gasteiger partial charge is 0.323 e. The average molecular weight is 296 g/mol. The van der Waals surface area contributed by atoms with Crippen molar-refractivity contribution in [3.63, 3.8) is 0 Å². The van der Waals surface area contributed by atoms with E-state index in [0.717, 1.165) is 50.6 Å². The van der Waals surface area contributed by atoms with Gasteiger partial charge in [-0.1, -0.05) is 13.8 Å². The van der Waals surface area contributed by atoms with Crippen LogP contribution in [0.15, 0.2) is 0 Å². The van der Waals surface area contributed by atoms with Crippen molar-refractivity contribution in [2.75, 3.05) is 13.1 Å². The Hall–Kier alpha value is -0.610. The van der Waals surface area contributed by atoms with Gasteiger partial charge in [0.05, 0.1) is 0 Å². The molecule has 2 unspecified atom stereocenters. The van der Waals surface area contributed by atoms with Crippen LogP contribution in [0.2, 0.25) is 0 Å². The molecule has 1 aliphatic carbocycles. The molecule has 1 aliphatic heterocycles.